The highest BCUT2D eigenvalue weighted by atomic mass is 32.2. The largest absolute Gasteiger partial charge is 0.435 e. The van der Waals surface area contributed by atoms with E-state index >= 15 is 0 Å². The first-order valence-corrected chi connectivity index (χ1v) is 7.71. The fraction of sp³-hybridized carbons (Fsp3) is 0.250. The molecular formula is C16H15F2NOS. The van der Waals surface area contributed by atoms with Crippen molar-refractivity contribution in [1.82, 2.24) is 0 Å². The molecule has 0 amide bonds. The number of benzene rings is 2. The van der Waals surface area contributed by atoms with Crippen LogP contribution in [0.5, 0.6) is 5.75 Å². The first kappa shape index (κ1) is 14.2. The van der Waals surface area contributed by atoms with Gasteiger partial charge in [-0.15, -0.1) is 11.8 Å². The van der Waals surface area contributed by atoms with Gasteiger partial charge in [-0.05, 0) is 35.9 Å². The fourth-order valence-corrected chi connectivity index (χ4v) is 3.65. The maximum atomic E-state index is 12.1. The zero-order valence-corrected chi connectivity index (χ0v) is 12.1. The van der Waals surface area contributed by atoms with Gasteiger partial charge >= 0.3 is 6.61 Å². The Morgan fingerprint density at radius 1 is 1.14 bits per heavy atom. The predicted octanol–water partition coefficient (Wildman–Crippen LogP) is 4.59. The van der Waals surface area contributed by atoms with Crippen LogP contribution in [0.1, 0.15) is 11.5 Å². The molecule has 110 valence electrons. The zero-order chi connectivity index (χ0) is 14.7. The molecule has 1 heterocycles. The molecule has 0 fully saturated rings. The van der Waals surface area contributed by atoms with Gasteiger partial charge in [0.05, 0.1) is 0 Å². The molecule has 0 saturated carbocycles. The number of alkyl halides is 2. The van der Waals surface area contributed by atoms with Crippen LogP contribution in [0.25, 0.3) is 0 Å². The van der Waals surface area contributed by atoms with Gasteiger partial charge in [-0.2, -0.15) is 8.78 Å². The Bertz CT molecular complexity index is 603. The number of nitrogens with one attached hydrogen (secondary N) is 1. The van der Waals surface area contributed by atoms with E-state index in [2.05, 4.69) is 34.3 Å². The van der Waals surface area contributed by atoms with Crippen LogP contribution in [-0.2, 0) is 0 Å². The molecule has 0 radical (unpaired) electrons. The van der Waals surface area contributed by atoms with Crippen molar-refractivity contribution >= 4 is 17.4 Å². The van der Waals surface area contributed by atoms with Crippen molar-refractivity contribution in [1.29, 1.82) is 0 Å². The van der Waals surface area contributed by atoms with Crippen molar-refractivity contribution < 1.29 is 13.5 Å². The van der Waals surface area contributed by atoms with Crippen molar-refractivity contribution in [2.45, 2.75) is 17.4 Å². The molecule has 5 heteroatoms. The van der Waals surface area contributed by atoms with Gasteiger partial charge in [-0.25, -0.2) is 0 Å². The standard InChI is InChI=1S/C16H15F2NOS/c17-16(18)20-13-7-5-12(6-8-13)19-9-11-10-21-15-4-2-1-3-14(11)15/h1-8,11,16,19H,9-10H2. The van der Waals surface area contributed by atoms with Crippen LogP contribution >= 0.6 is 11.8 Å². The number of hydrogen-bond acceptors (Lipinski definition) is 3. The van der Waals surface area contributed by atoms with Gasteiger partial charge in [0.2, 0.25) is 0 Å². The van der Waals surface area contributed by atoms with Gasteiger partial charge in [0.1, 0.15) is 5.75 Å². The minimum Gasteiger partial charge on any atom is -0.435 e. The van der Waals surface area contributed by atoms with Crippen molar-refractivity contribution in [3.05, 3.63) is 54.1 Å². The predicted molar refractivity (Wildman–Crippen MR) is 81.5 cm³/mol. The van der Waals surface area contributed by atoms with Crippen LogP contribution in [0.2, 0.25) is 0 Å². The highest BCUT2D eigenvalue weighted by Gasteiger charge is 2.22. The van der Waals surface area contributed by atoms with E-state index in [1.807, 2.05) is 11.8 Å². The maximum Gasteiger partial charge on any atom is 0.387 e. The smallest absolute Gasteiger partial charge is 0.387 e. The second kappa shape index (κ2) is 6.35. The Morgan fingerprint density at radius 2 is 1.90 bits per heavy atom. The van der Waals surface area contributed by atoms with Gasteiger partial charge in [0.25, 0.3) is 0 Å². The first-order valence-electron chi connectivity index (χ1n) is 6.73. The minimum absolute atomic E-state index is 0.178. The second-order valence-electron chi connectivity index (χ2n) is 4.83. The lowest BCUT2D eigenvalue weighted by atomic mass is 10.0. The summed E-state index contributed by atoms with van der Waals surface area (Å²) in [5.41, 5.74) is 2.29. The number of halogens is 2. The molecule has 0 bridgehead atoms. The number of ether oxygens (including phenoxy) is 1. The monoisotopic (exact) mass is 307 g/mol. The topological polar surface area (TPSA) is 21.3 Å². The summed E-state index contributed by atoms with van der Waals surface area (Å²) in [6.07, 6.45) is 0. The molecule has 2 aromatic carbocycles. The molecule has 2 nitrogen and oxygen atoms in total. The molecule has 2 aromatic rings. The molecule has 1 aliphatic rings. The van der Waals surface area contributed by atoms with Gasteiger partial charge in [-0.3, -0.25) is 0 Å². The fourth-order valence-electron chi connectivity index (χ4n) is 2.39. The molecule has 1 atom stereocenters. The van der Waals surface area contributed by atoms with Crippen molar-refractivity contribution in [2.24, 2.45) is 0 Å². The molecule has 0 aromatic heterocycles. The van der Waals surface area contributed by atoms with E-state index in [4.69, 9.17) is 0 Å². The number of rotatable bonds is 5. The Hall–Kier alpha value is -1.75. The molecule has 21 heavy (non-hydrogen) atoms. The first-order chi connectivity index (χ1) is 10.2. The number of hydrogen-bond donors (Lipinski definition) is 1. The average molecular weight is 307 g/mol. The molecule has 0 saturated heterocycles. The van der Waals surface area contributed by atoms with Crippen LogP contribution in [0.3, 0.4) is 0 Å². The number of fused-ring (bicyclic) bond motifs is 1. The average Bonchev–Trinajstić information content (AvgIpc) is 2.89. The van der Waals surface area contributed by atoms with Crippen LogP contribution in [0.15, 0.2) is 53.4 Å². The van der Waals surface area contributed by atoms with Gasteiger partial charge in [0.15, 0.2) is 0 Å². The van der Waals surface area contributed by atoms with E-state index in [0.717, 1.165) is 18.0 Å². The van der Waals surface area contributed by atoms with Gasteiger partial charge in [-0.1, -0.05) is 18.2 Å². The number of anilines is 1. The lowest BCUT2D eigenvalue weighted by molar-refractivity contribution is -0.0498. The van der Waals surface area contributed by atoms with E-state index in [1.165, 1.54) is 10.5 Å². The lowest BCUT2D eigenvalue weighted by Gasteiger charge is -2.13. The molecule has 3 rings (SSSR count). The Balaban J connectivity index is 1.59. The highest BCUT2D eigenvalue weighted by Crippen LogP contribution is 2.39. The molecule has 0 aliphatic carbocycles. The molecule has 1 unspecified atom stereocenters. The second-order valence-corrected chi connectivity index (χ2v) is 5.89. The summed E-state index contributed by atoms with van der Waals surface area (Å²) in [6, 6.07) is 15.0. The molecule has 1 N–H and O–H groups in total. The summed E-state index contributed by atoms with van der Waals surface area (Å²) in [4.78, 5) is 1.35. The lowest BCUT2D eigenvalue weighted by Crippen LogP contribution is -2.12. The summed E-state index contributed by atoms with van der Waals surface area (Å²) in [5.74, 6) is 1.72. The summed E-state index contributed by atoms with van der Waals surface area (Å²) in [5, 5.41) is 3.35. The van der Waals surface area contributed by atoms with E-state index in [-0.39, 0.29) is 5.75 Å². The van der Waals surface area contributed by atoms with Crippen LogP contribution in [0, 0.1) is 0 Å². The Morgan fingerprint density at radius 3 is 2.67 bits per heavy atom. The summed E-state index contributed by atoms with van der Waals surface area (Å²) < 4.78 is 28.5. The van der Waals surface area contributed by atoms with E-state index in [1.54, 1.807) is 24.3 Å². The van der Waals surface area contributed by atoms with Crippen molar-refractivity contribution in [3.63, 3.8) is 0 Å². The van der Waals surface area contributed by atoms with E-state index in [9.17, 15) is 8.78 Å². The normalized spacial score (nSPS) is 16.8. The molecule has 0 spiro atoms. The van der Waals surface area contributed by atoms with Crippen LogP contribution in [0.4, 0.5) is 14.5 Å². The van der Waals surface area contributed by atoms with Crippen molar-refractivity contribution in [3.8, 4) is 5.75 Å². The highest BCUT2D eigenvalue weighted by molar-refractivity contribution is 7.99. The molecule has 1 aliphatic heterocycles. The summed E-state index contributed by atoms with van der Waals surface area (Å²) in [6.45, 7) is -1.95. The number of thioether (sulfide) groups is 1. The summed E-state index contributed by atoms with van der Waals surface area (Å²) in [7, 11) is 0. The zero-order valence-electron chi connectivity index (χ0n) is 11.3. The molecular weight excluding hydrogens is 292 g/mol. The van der Waals surface area contributed by atoms with Crippen LogP contribution < -0.4 is 10.1 Å². The van der Waals surface area contributed by atoms with Gasteiger partial charge in [0, 0.05) is 28.8 Å². The summed E-state index contributed by atoms with van der Waals surface area (Å²) >= 11 is 1.88. The minimum atomic E-state index is -2.78. The van der Waals surface area contributed by atoms with Crippen LogP contribution in [-0.4, -0.2) is 18.9 Å². The SMILES string of the molecule is FC(F)Oc1ccc(NCC2CSc3ccccc32)cc1. The van der Waals surface area contributed by atoms with E-state index < -0.39 is 6.61 Å². The third-order valence-corrected chi connectivity index (χ3v) is 4.68. The third kappa shape index (κ3) is 3.47. The Kier molecular flexibility index (Phi) is 4.29. The third-order valence-electron chi connectivity index (χ3n) is 3.43. The Labute approximate surface area is 126 Å². The quantitative estimate of drug-likeness (QED) is 0.873. The van der Waals surface area contributed by atoms with Gasteiger partial charge < -0.3 is 10.1 Å². The maximum absolute atomic E-state index is 12.1. The van der Waals surface area contributed by atoms with E-state index in [0.29, 0.717) is 5.92 Å². The van der Waals surface area contributed by atoms with Crippen molar-refractivity contribution in [2.75, 3.05) is 17.6 Å².